The van der Waals surface area contributed by atoms with E-state index in [0.717, 1.165) is 14.5 Å². The Balaban J connectivity index is 2.31. The summed E-state index contributed by atoms with van der Waals surface area (Å²) in [4.78, 5) is 16.4. The molecule has 0 aliphatic rings. The van der Waals surface area contributed by atoms with Crippen molar-refractivity contribution in [1.82, 2.24) is 4.98 Å². The van der Waals surface area contributed by atoms with Gasteiger partial charge in [-0.25, -0.2) is 4.98 Å². The Morgan fingerprint density at radius 2 is 2.00 bits per heavy atom. The third-order valence-electron chi connectivity index (χ3n) is 2.66. The number of nitrogens with one attached hydrogen (secondary N) is 1. The Hall–Kier alpha value is -1.40. The van der Waals surface area contributed by atoms with Gasteiger partial charge in [-0.2, -0.15) is 0 Å². The van der Waals surface area contributed by atoms with Crippen LogP contribution in [0.3, 0.4) is 0 Å². The summed E-state index contributed by atoms with van der Waals surface area (Å²) in [5.74, 6) is 0.779. The van der Waals surface area contributed by atoms with E-state index >= 15 is 0 Å². The maximum absolute atomic E-state index is 12.3. The molecule has 2 rings (SSSR count). The summed E-state index contributed by atoms with van der Waals surface area (Å²) < 4.78 is 6.98. The number of carbonyl (C=O) groups is 1. The van der Waals surface area contributed by atoms with Crippen molar-refractivity contribution in [2.24, 2.45) is 0 Å². The molecule has 0 fully saturated rings. The van der Waals surface area contributed by atoms with Crippen LogP contribution in [0.1, 0.15) is 15.9 Å². The zero-order valence-electron chi connectivity index (χ0n) is 10.9. The Morgan fingerprint density at radius 1 is 1.25 bits per heavy atom. The van der Waals surface area contributed by atoms with Crippen molar-refractivity contribution in [3.05, 3.63) is 50.5 Å². The number of aryl methyl sites for hydroxylation is 1. The van der Waals surface area contributed by atoms with E-state index in [1.165, 1.54) is 0 Å². The number of pyridine rings is 1. The number of ether oxygens (including phenoxy) is 1. The van der Waals surface area contributed by atoms with Gasteiger partial charge in [0, 0.05) is 15.1 Å². The first-order valence-electron chi connectivity index (χ1n) is 5.78. The molecule has 1 aromatic heterocycles. The van der Waals surface area contributed by atoms with Crippen LogP contribution in [0.15, 0.2) is 39.4 Å². The minimum absolute atomic E-state index is 0.263. The number of carbonyl (C=O) groups excluding carboxylic acids is 1. The topological polar surface area (TPSA) is 51.2 Å². The fraction of sp³-hybridized carbons (Fsp3) is 0.143. The van der Waals surface area contributed by atoms with Gasteiger partial charge in [-0.15, -0.1) is 0 Å². The van der Waals surface area contributed by atoms with Crippen LogP contribution in [0.2, 0.25) is 0 Å². The van der Waals surface area contributed by atoms with Crippen LogP contribution in [0.4, 0.5) is 5.82 Å². The summed E-state index contributed by atoms with van der Waals surface area (Å²) in [6, 6.07) is 7.15. The molecule has 0 atom stereocenters. The van der Waals surface area contributed by atoms with Crippen molar-refractivity contribution in [1.29, 1.82) is 0 Å². The highest BCUT2D eigenvalue weighted by Gasteiger charge is 2.16. The summed E-state index contributed by atoms with van der Waals surface area (Å²) in [5, 5.41) is 2.74. The summed E-state index contributed by atoms with van der Waals surface area (Å²) in [7, 11) is 1.55. The largest absolute Gasteiger partial charge is 0.496 e. The fourth-order valence-corrected chi connectivity index (χ4v) is 2.61. The second-order valence-electron chi connectivity index (χ2n) is 4.12. The van der Waals surface area contributed by atoms with Gasteiger partial charge in [0.2, 0.25) is 0 Å². The Bertz CT molecular complexity index is 642. The molecule has 0 saturated carbocycles. The number of hydrogen-bond acceptors (Lipinski definition) is 3. The molecule has 6 heteroatoms. The lowest BCUT2D eigenvalue weighted by Crippen LogP contribution is -2.14. The van der Waals surface area contributed by atoms with Crippen molar-refractivity contribution in [3.63, 3.8) is 0 Å². The Morgan fingerprint density at radius 3 is 2.60 bits per heavy atom. The SMILES string of the molecule is COc1c(C)cc(Br)cc1C(=O)Nc1ccc(Br)cn1. The van der Waals surface area contributed by atoms with E-state index in [4.69, 9.17) is 4.74 Å². The van der Waals surface area contributed by atoms with Gasteiger partial charge < -0.3 is 10.1 Å². The zero-order valence-corrected chi connectivity index (χ0v) is 14.1. The predicted molar refractivity (Wildman–Crippen MR) is 85.3 cm³/mol. The third kappa shape index (κ3) is 3.37. The van der Waals surface area contributed by atoms with Crippen LogP contribution >= 0.6 is 31.9 Å². The molecule has 0 unspecified atom stereocenters. The van der Waals surface area contributed by atoms with Crippen LogP contribution in [0.25, 0.3) is 0 Å². The van der Waals surface area contributed by atoms with Gasteiger partial charge in [0.15, 0.2) is 0 Å². The van der Waals surface area contributed by atoms with E-state index in [0.29, 0.717) is 17.1 Å². The predicted octanol–water partition coefficient (Wildman–Crippen LogP) is 4.18. The summed E-state index contributed by atoms with van der Waals surface area (Å²) in [6.07, 6.45) is 1.62. The number of aromatic nitrogens is 1. The monoisotopic (exact) mass is 398 g/mol. The third-order valence-corrected chi connectivity index (χ3v) is 3.58. The Labute approximate surface area is 133 Å². The summed E-state index contributed by atoms with van der Waals surface area (Å²) in [6.45, 7) is 1.89. The zero-order chi connectivity index (χ0) is 14.7. The number of halogens is 2. The van der Waals surface area contributed by atoms with E-state index in [-0.39, 0.29) is 5.91 Å². The minimum Gasteiger partial charge on any atom is -0.496 e. The van der Waals surface area contributed by atoms with Gasteiger partial charge in [0.25, 0.3) is 5.91 Å². The number of anilines is 1. The molecule has 104 valence electrons. The molecule has 20 heavy (non-hydrogen) atoms. The molecule has 0 bridgehead atoms. The van der Waals surface area contributed by atoms with Crippen molar-refractivity contribution < 1.29 is 9.53 Å². The van der Waals surface area contributed by atoms with Crippen molar-refractivity contribution in [2.75, 3.05) is 12.4 Å². The average molecular weight is 400 g/mol. The molecule has 0 aliphatic heterocycles. The number of benzene rings is 1. The maximum atomic E-state index is 12.3. The highest BCUT2D eigenvalue weighted by molar-refractivity contribution is 9.10. The minimum atomic E-state index is -0.263. The second-order valence-corrected chi connectivity index (χ2v) is 5.95. The quantitative estimate of drug-likeness (QED) is 0.842. The van der Waals surface area contributed by atoms with Crippen molar-refractivity contribution in [3.8, 4) is 5.75 Å². The number of rotatable bonds is 3. The molecular weight excluding hydrogens is 388 g/mol. The van der Waals surface area contributed by atoms with Gasteiger partial charge in [-0.05, 0) is 52.7 Å². The van der Waals surface area contributed by atoms with Gasteiger partial charge in [0.1, 0.15) is 11.6 Å². The average Bonchev–Trinajstić information content (AvgIpc) is 2.40. The van der Waals surface area contributed by atoms with Crippen LogP contribution in [-0.2, 0) is 0 Å². The molecule has 2 aromatic rings. The van der Waals surface area contributed by atoms with Gasteiger partial charge in [0.05, 0.1) is 12.7 Å². The standard InChI is InChI=1S/C14H12Br2N2O2/c1-8-5-10(16)6-11(13(8)20-2)14(19)18-12-4-3-9(15)7-17-12/h3-7H,1-2H3,(H,17,18,19). The molecule has 4 nitrogen and oxygen atoms in total. The van der Waals surface area contributed by atoms with Crippen LogP contribution < -0.4 is 10.1 Å². The second kappa shape index (κ2) is 6.37. The van der Waals surface area contributed by atoms with Gasteiger partial charge >= 0.3 is 0 Å². The normalized spacial score (nSPS) is 10.2. The molecule has 1 amide bonds. The molecule has 0 aliphatic carbocycles. The van der Waals surface area contributed by atoms with E-state index in [1.54, 1.807) is 25.4 Å². The van der Waals surface area contributed by atoms with E-state index < -0.39 is 0 Å². The van der Waals surface area contributed by atoms with Crippen molar-refractivity contribution in [2.45, 2.75) is 6.92 Å². The fourth-order valence-electron chi connectivity index (χ4n) is 1.80. The molecule has 0 radical (unpaired) electrons. The lowest BCUT2D eigenvalue weighted by Gasteiger charge is -2.12. The lowest BCUT2D eigenvalue weighted by molar-refractivity contribution is 0.102. The molecular formula is C14H12Br2N2O2. The number of methoxy groups -OCH3 is 1. The van der Waals surface area contributed by atoms with E-state index in [1.807, 2.05) is 19.1 Å². The number of hydrogen-bond donors (Lipinski definition) is 1. The molecule has 1 aromatic carbocycles. The first-order valence-corrected chi connectivity index (χ1v) is 7.37. The van der Waals surface area contributed by atoms with Gasteiger partial charge in [-0.1, -0.05) is 15.9 Å². The molecule has 0 saturated heterocycles. The maximum Gasteiger partial charge on any atom is 0.260 e. The summed E-state index contributed by atoms with van der Waals surface area (Å²) >= 11 is 6.68. The number of nitrogens with zero attached hydrogens (tertiary/aromatic N) is 1. The van der Waals surface area contributed by atoms with Gasteiger partial charge in [-0.3, -0.25) is 4.79 Å². The number of amides is 1. The van der Waals surface area contributed by atoms with Crippen LogP contribution in [0.5, 0.6) is 5.75 Å². The molecule has 1 heterocycles. The van der Waals surface area contributed by atoms with E-state index in [2.05, 4.69) is 42.2 Å². The van der Waals surface area contributed by atoms with Crippen LogP contribution in [-0.4, -0.2) is 18.0 Å². The highest BCUT2D eigenvalue weighted by atomic mass is 79.9. The lowest BCUT2D eigenvalue weighted by atomic mass is 10.1. The van der Waals surface area contributed by atoms with Crippen LogP contribution in [0, 0.1) is 6.92 Å². The first-order chi connectivity index (χ1) is 9.51. The molecule has 0 spiro atoms. The smallest absolute Gasteiger partial charge is 0.260 e. The molecule has 1 N–H and O–H groups in total. The highest BCUT2D eigenvalue weighted by Crippen LogP contribution is 2.28. The van der Waals surface area contributed by atoms with Crippen molar-refractivity contribution >= 4 is 43.6 Å². The first kappa shape index (κ1) is 15.0. The van der Waals surface area contributed by atoms with E-state index in [9.17, 15) is 4.79 Å². The Kier molecular flexibility index (Phi) is 4.77. The summed E-state index contributed by atoms with van der Waals surface area (Å²) in [5.41, 5.74) is 1.35.